The van der Waals surface area contributed by atoms with E-state index in [1.807, 2.05) is 7.05 Å². The van der Waals surface area contributed by atoms with Gasteiger partial charge < -0.3 is 5.43 Å². The van der Waals surface area contributed by atoms with Gasteiger partial charge in [0, 0.05) is 13.6 Å². The van der Waals surface area contributed by atoms with E-state index in [4.69, 9.17) is 0 Å². The second-order valence-electron chi connectivity index (χ2n) is 4.08. The van der Waals surface area contributed by atoms with Crippen LogP contribution in [0, 0.1) is 6.92 Å². The molecule has 0 spiro atoms. The molecule has 0 unspecified atom stereocenters. The molecule has 0 radical (unpaired) electrons. The molecule has 0 amide bonds. The first-order valence-electron chi connectivity index (χ1n) is 6.41. The molecule has 1 aromatic rings. The number of aryl methyl sites for hydroxylation is 2. The third-order valence-corrected chi connectivity index (χ3v) is 3.31. The van der Waals surface area contributed by atoms with Gasteiger partial charge in [-0.1, -0.05) is 48.5 Å². The summed E-state index contributed by atoms with van der Waals surface area (Å²) in [4.78, 5) is 4.54. The summed E-state index contributed by atoms with van der Waals surface area (Å²) in [5, 5.41) is 0.976. The molecule has 0 aromatic heterocycles. The number of nitrogens with one attached hydrogen (secondary N) is 2. The molecule has 0 aliphatic rings. The Kier molecular flexibility index (Phi) is 7.53. The topological polar surface area (TPSA) is 36.4 Å². The molecule has 1 rings (SSSR count). The fraction of sp³-hybridized carbons (Fsp3) is 0.500. The first-order valence-corrected chi connectivity index (χ1v) is 7.40. The van der Waals surface area contributed by atoms with Crippen molar-refractivity contribution in [1.29, 1.82) is 0 Å². The second kappa shape index (κ2) is 9.00. The lowest BCUT2D eigenvalue weighted by molar-refractivity contribution is 0.763. The average Bonchev–Trinajstić information content (AvgIpc) is 2.37. The lowest BCUT2D eigenvalue weighted by Crippen LogP contribution is -2.32. The largest absolute Gasteiger partial charge is 0.301 e. The summed E-state index contributed by atoms with van der Waals surface area (Å²) in [5.41, 5.74) is 8.68. The van der Waals surface area contributed by atoms with Gasteiger partial charge in [0.1, 0.15) is 0 Å². The van der Waals surface area contributed by atoms with E-state index in [0.29, 0.717) is 0 Å². The summed E-state index contributed by atoms with van der Waals surface area (Å²) in [6.45, 7) is 5.11. The normalized spacial score (nSPS) is 11.6. The van der Waals surface area contributed by atoms with Crippen molar-refractivity contribution in [3.63, 3.8) is 0 Å². The first kappa shape index (κ1) is 15.1. The number of hydrogen-bond acceptors (Lipinski definition) is 3. The molecule has 100 valence electrons. The molecule has 2 N–H and O–H groups in total. The van der Waals surface area contributed by atoms with Crippen molar-refractivity contribution < 1.29 is 0 Å². The van der Waals surface area contributed by atoms with Crippen LogP contribution in [0.15, 0.2) is 29.3 Å². The van der Waals surface area contributed by atoms with E-state index in [1.165, 1.54) is 11.1 Å². The Bertz CT molecular complexity index is 352. The molecule has 0 bridgehead atoms. The summed E-state index contributed by atoms with van der Waals surface area (Å²) < 4.78 is 0. The van der Waals surface area contributed by atoms with Crippen LogP contribution >= 0.6 is 11.8 Å². The van der Waals surface area contributed by atoms with E-state index in [0.717, 1.165) is 30.3 Å². The van der Waals surface area contributed by atoms with Gasteiger partial charge in [-0.05, 0) is 31.1 Å². The maximum Gasteiger partial charge on any atom is 0.171 e. The summed E-state index contributed by atoms with van der Waals surface area (Å²) in [6.07, 6.45) is 2.18. The molecule has 0 saturated heterocycles. The number of nitrogens with zero attached hydrogens (tertiary/aromatic N) is 1. The minimum absolute atomic E-state index is 0.866. The van der Waals surface area contributed by atoms with Crippen molar-refractivity contribution in [2.75, 3.05) is 19.3 Å². The van der Waals surface area contributed by atoms with Crippen LogP contribution in [0.25, 0.3) is 0 Å². The van der Waals surface area contributed by atoms with Gasteiger partial charge in [-0.15, -0.1) is 0 Å². The van der Waals surface area contributed by atoms with Crippen LogP contribution in [-0.4, -0.2) is 24.5 Å². The highest BCUT2D eigenvalue weighted by molar-refractivity contribution is 8.13. The SMILES string of the molecule is CCSC(=NCCCc1ccc(C)cc1)NNC. The minimum atomic E-state index is 0.866. The smallest absolute Gasteiger partial charge is 0.171 e. The third kappa shape index (κ3) is 6.07. The average molecular weight is 265 g/mol. The number of amidine groups is 1. The van der Waals surface area contributed by atoms with Crippen molar-refractivity contribution >= 4 is 16.9 Å². The lowest BCUT2D eigenvalue weighted by Gasteiger charge is -2.06. The van der Waals surface area contributed by atoms with Crippen molar-refractivity contribution in [1.82, 2.24) is 10.9 Å². The summed E-state index contributed by atoms with van der Waals surface area (Å²) in [7, 11) is 1.86. The molecular weight excluding hydrogens is 242 g/mol. The Morgan fingerprint density at radius 2 is 2.00 bits per heavy atom. The van der Waals surface area contributed by atoms with E-state index in [9.17, 15) is 0 Å². The molecule has 0 heterocycles. The third-order valence-electron chi connectivity index (χ3n) is 2.51. The van der Waals surface area contributed by atoms with Gasteiger partial charge in [-0.25, -0.2) is 5.43 Å². The van der Waals surface area contributed by atoms with Crippen LogP contribution in [-0.2, 0) is 6.42 Å². The Balaban J connectivity index is 2.31. The van der Waals surface area contributed by atoms with Gasteiger partial charge in [0.2, 0.25) is 0 Å². The maximum atomic E-state index is 4.54. The van der Waals surface area contributed by atoms with Gasteiger partial charge in [0.25, 0.3) is 0 Å². The maximum absolute atomic E-state index is 4.54. The van der Waals surface area contributed by atoms with Crippen LogP contribution < -0.4 is 10.9 Å². The van der Waals surface area contributed by atoms with Gasteiger partial charge in [0.05, 0.1) is 0 Å². The zero-order valence-corrected chi connectivity index (χ0v) is 12.3. The summed E-state index contributed by atoms with van der Waals surface area (Å²) in [6, 6.07) is 8.73. The van der Waals surface area contributed by atoms with E-state index in [2.05, 4.69) is 54.0 Å². The molecule has 4 heteroatoms. The number of rotatable bonds is 6. The van der Waals surface area contributed by atoms with Gasteiger partial charge >= 0.3 is 0 Å². The van der Waals surface area contributed by atoms with Crippen molar-refractivity contribution in [2.45, 2.75) is 26.7 Å². The highest BCUT2D eigenvalue weighted by Crippen LogP contribution is 2.06. The highest BCUT2D eigenvalue weighted by atomic mass is 32.2. The predicted octanol–water partition coefficient (Wildman–Crippen LogP) is 2.76. The van der Waals surface area contributed by atoms with Crippen LogP contribution in [0.5, 0.6) is 0 Å². The molecule has 0 saturated carbocycles. The molecule has 0 fully saturated rings. The van der Waals surface area contributed by atoms with E-state index >= 15 is 0 Å². The quantitative estimate of drug-likeness (QED) is 0.359. The van der Waals surface area contributed by atoms with Crippen LogP contribution in [0.2, 0.25) is 0 Å². The molecule has 0 atom stereocenters. The van der Waals surface area contributed by atoms with Gasteiger partial charge in [-0.2, -0.15) is 0 Å². The molecule has 3 nitrogen and oxygen atoms in total. The van der Waals surface area contributed by atoms with Crippen LogP contribution in [0.4, 0.5) is 0 Å². The zero-order chi connectivity index (χ0) is 13.2. The standard InChI is InChI=1S/C14H23N3S/c1-4-18-14(17-15-3)16-11-5-6-13-9-7-12(2)8-10-13/h7-10,15H,4-6,11H2,1-3H3,(H,16,17). The Hall–Kier alpha value is -1.00. The number of hydrazine groups is 1. The molecule has 0 aliphatic carbocycles. The zero-order valence-electron chi connectivity index (χ0n) is 11.5. The Morgan fingerprint density at radius 1 is 1.28 bits per heavy atom. The number of aliphatic imine (C=N–C) groups is 1. The van der Waals surface area contributed by atoms with Crippen molar-refractivity contribution in [3.05, 3.63) is 35.4 Å². The van der Waals surface area contributed by atoms with Crippen molar-refractivity contribution in [2.24, 2.45) is 4.99 Å². The van der Waals surface area contributed by atoms with E-state index < -0.39 is 0 Å². The number of thioether (sulfide) groups is 1. The molecular formula is C14H23N3S. The number of hydrogen-bond donors (Lipinski definition) is 2. The Morgan fingerprint density at radius 3 is 2.61 bits per heavy atom. The van der Waals surface area contributed by atoms with Crippen LogP contribution in [0.3, 0.4) is 0 Å². The fourth-order valence-corrected chi connectivity index (χ4v) is 2.21. The van der Waals surface area contributed by atoms with E-state index in [1.54, 1.807) is 11.8 Å². The van der Waals surface area contributed by atoms with Gasteiger partial charge in [0.15, 0.2) is 5.17 Å². The Labute approximate surface area is 114 Å². The molecule has 0 aliphatic heterocycles. The monoisotopic (exact) mass is 265 g/mol. The van der Waals surface area contributed by atoms with Crippen molar-refractivity contribution in [3.8, 4) is 0 Å². The van der Waals surface area contributed by atoms with Gasteiger partial charge in [-0.3, -0.25) is 4.99 Å². The number of benzene rings is 1. The second-order valence-corrected chi connectivity index (χ2v) is 5.34. The summed E-state index contributed by atoms with van der Waals surface area (Å²) >= 11 is 1.73. The lowest BCUT2D eigenvalue weighted by atomic mass is 10.1. The molecule has 18 heavy (non-hydrogen) atoms. The molecule has 1 aromatic carbocycles. The minimum Gasteiger partial charge on any atom is -0.301 e. The summed E-state index contributed by atoms with van der Waals surface area (Å²) in [5.74, 6) is 1.03. The van der Waals surface area contributed by atoms with E-state index in [-0.39, 0.29) is 0 Å². The fourth-order valence-electron chi connectivity index (χ4n) is 1.58. The highest BCUT2D eigenvalue weighted by Gasteiger charge is 1.96. The first-order chi connectivity index (χ1) is 8.76. The van der Waals surface area contributed by atoms with Crippen LogP contribution in [0.1, 0.15) is 24.5 Å². The predicted molar refractivity (Wildman–Crippen MR) is 82.1 cm³/mol.